The number of aryl methyl sites for hydroxylation is 2. The predicted molar refractivity (Wildman–Crippen MR) is 85.3 cm³/mol. The quantitative estimate of drug-likeness (QED) is 0.777. The summed E-state index contributed by atoms with van der Waals surface area (Å²) in [5, 5.41) is 2.77. The van der Waals surface area contributed by atoms with Gasteiger partial charge in [-0.2, -0.15) is 0 Å². The summed E-state index contributed by atoms with van der Waals surface area (Å²) in [5.41, 5.74) is 3.45. The Morgan fingerprint density at radius 3 is 2.23 bits per heavy atom. The van der Waals surface area contributed by atoms with Crippen molar-refractivity contribution in [3.8, 4) is 0 Å². The van der Waals surface area contributed by atoms with E-state index in [2.05, 4.69) is 18.8 Å². The molecule has 0 bridgehead atoms. The zero-order chi connectivity index (χ0) is 16.7. The molecule has 2 rings (SSSR count). The molecule has 0 radical (unpaired) electrons. The lowest BCUT2D eigenvalue weighted by molar-refractivity contribution is 0.509. The Morgan fingerprint density at radius 2 is 1.73 bits per heavy atom. The molecule has 0 spiro atoms. The number of halogens is 3. The summed E-state index contributed by atoms with van der Waals surface area (Å²) in [4.78, 5) is 0. The molecule has 1 nitrogen and oxygen atoms in total. The normalized spacial score (nSPS) is 9.73. The fraction of sp³-hybridized carbons (Fsp3) is 0.222. The minimum atomic E-state index is -0.860. The lowest BCUT2D eigenvalue weighted by Gasteiger charge is -2.04. The summed E-state index contributed by atoms with van der Waals surface area (Å²) >= 11 is 0. The molecule has 0 aliphatic carbocycles. The fourth-order valence-corrected chi connectivity index (χ4v) is 1.88. The van der Waals surface area contributed by atoms with Gasteiger partial charge in [0.2, 0.25) is 0 Å². The molecule has 0 heterocycles. The number of rotatable bonds is 3. The second-order valence-electron chi connectivity index (χ2n) is 4.96. The first-order valence-electron chi connectivity index (χ1n) is 6.96. The molecule has 0 fully saturated rings. The maximum absolute atomic E-state index is 12.6. The monoisotopic (exact) mass is 307 g/mol. The van der Waals surface area contributed by atoms with Gasteiger partial charge in [0, 0.05) is 17.5 Å². The minimum Gasteiger partial charge on any atom is -0.360 e. The summed E-state index contributed by atoms with van der Waals surface area (Å²) in [7, 11) is 0. The number of anilines is 1. The first kappa shape index (κ1) is 17.8. The van der Waals surface area contributed by atoms with E-state index in [0.717, 1.165) is 24.1 Å². The van der Waals surface area contributed by atoms with E-state index in [1.54, 1.807) is 13.0 Å². The van der Waals surface area contributed by atoms with E-state index in [4.69, 9.17) is 0 Å². The molecule has 0 aromatic heterocycles. The van der Waals surface area contributed by atoms with Crippen LogP contribution >= 0.6 is 0 Å². The van der Waals surface area contributed by atoms with Gasteiger partial charge in [-0.3, -0.25) is 0 Å². The van der Waals surface area contributed by atoms with Crippen LogP contribution in [0.1, 0.15) is 25.0 Å². The largest absolute Gasteiger partial charge is 0.360 e. The maximum atomic E-state index is 12.6. The van der Waals surface area contributed by atoms with Crippen LogP contribution < -0.4 is 5.32 Å². The Balaban J connectivity index is 0.000000224. The van der Waals surface area contributed by atoms with E-state index in [0.29, 0.717) is 11.4 Å². The van der Waals surface area contributed by atoms with Crippen molar-refractivity contribution in [2.24, 2.45) is 0 Å². The van der Waals surface area contributed by atoms with Crippen molar-refractivity contribution in [1.82, 2.24) is 0 Å². The van der Waals surface area contributed by atoms with E-state index in [9.17, 15) is 13.2 Å². The van der Waals surface area contributed by atoms with Crippen molar-refractivity contribution in [1.29, 1.82) is 0 Å². The SMILES string of the molecule is C=C(C)Nc1ccc(F)c(F)c1.CCc1ccc(F)cc1C. The standard InChI is InChI=1S/C9H9F2N.C9H11F/c1-6(2)12-7-3-4-8(10)9(11)5-7;1-3-8-4-5-9(10)6-7(8)2/h3-5,12H,1H2,2H3;4-6H,3H2,1-2H3. The molecule has 0 unspecified atom stereocenters. The van der Waals surface area contributed by atoms with Crippen LogP contribution in [0.5, 0.6) is 0 Å². The highest BCUT2D eigenvalue weighted by atomic mass is 19.2. The highest BCUT2D eigenvalue weighted by Gasteiger charge is 2.01. The van der Waals surface area contributed by atoms with Crippen LogP contribution in [0.4, 0.5) is 18.9 Å². The predicted octanol–water partition coefficient (Wildman–Crippen LogP) is 5.61. The van der Waals surface area contributed by atoms with E-state index < -0.39 is 11.6 Å². The molecule has 4 heteroatoms. The zero-order valence-corrected chi connectivity index (χ0v) is 13.0. The maximum Gasteiger partial charge on any atom is 0.160 e. The molecule has 2 aromatic rings. The summed E-state index contributed by atoms with van der Waals surface area (Å²) in [6.07, 6.45) is 0.978. The van der Waals surface area contributed by atoms with Gasteiger partial charge in [0.25, 0.3) is 0 Å². The molecule has 1 N–H and O–H groups in total. The van der Waals surface area contributed by atoms with Crippen LogP contribution in [0.25, 0.3) is 0 Å². The zero-order valence-electron chi connectivity index (χ0n) is 13.0. The lowest BCUT2D eigenvalue weighted by atomic mass is 10.1. The first-order valence-corrected chi connectivity index (χ1v) is 6.96. The van der Waals surface area contributed by atoms with Gasteiger partial charge in [0.15, 0.2) is 11.6 Å². The molecule has 0 atom stereocenters. The third-order valence-corrected chi connectivity index (χ3v) is 2.96. The van der Waals surface area contributed by atoms with Gasteiger partial charge in [0.1, 0.15) is 5.82 Å². The molecule has 0 saturated carbocycles. The van der Waals surface area contributed by atoms with Gasteiger partial charge >= 0.3 is 0 Å². The number of hydrogen-bond acceptors (Lipinski definition) is 1. The number of allylic oxidation sites excluding steroid dienone is 1. The average Bonchev–Trinajstić information content (AvgIpc) is 2.43. The Kier molecular flexibility index (Phi) is 6.70. The second kappa shape index (κ2) is 8.27. The fourth-order valence-electron chi connectivity index (χ4n) is 1.88. The van der Waals surface area contributed by atoms with Gasteiger partial charge in [-0.1, -0.05) is 19.6 Å². The van der Waals surface area contributed by atoms with Crippen LogP contribution in [-0.2, 0) is 6.42 Å². The highest BCUT2D eigenvalue weighted by molar-refractivity contribution is 5.47. The molecule has 0 aliphatic rings. The van der Waals surface area contributed by atoms with E-state index >= 15 is 0 Å². The number of benzene rings is 2. The van der Waals surface area contributed by atoms with Crippen LogP contribution in [0.3, 0.4) is 0 Å². The lowest BCUT2D eigenvalue weighted by Crippen LogP contribution is -1.94. The van der Waals surface area contributed by atoms with Gasteiger partial charge in [0.05, 0.1) is 0 Å². The van der Waals surface area contributed by atoms with Crippen molar-refractivity contribution in [3.63, 3.8) is 0 Å². The molecular formula is C18H20F3N. The van der Waals surface area contributed by atoms with Crippen molar-refractivity contribution in [2.45, 2.75) is 27.2 Å². The summed E-state index contributed by atoms with van der Waals surface area (Å²) in [5.74, 6) is -1.85. The number of nitrogens with one attached hydrogen (secondary N) is 1. The van der Waals surface area contributed by atoms with Gasteiger partial charge < -0.3 is 5.32 Å². The highest BCUT2D eigenvalue weighted by Crippen LogP contribution is 2.14. The minimum absolute atomic E-state index is 0.144. The summed E-state index contributed by atoms with van der Waals surface area (Å²) < 4.78 is 37.5. The molecule has 0 aliphatic heterocycles. The van der Waals surface area contributed by atoms with E-state index in [-0.39, 0.29) is 5.82 Å². The van der Waals surface area contributed by atoms with Gasteiger partial charge in [-0.25, -0.2) is 13.2 Å². The Bertz CT molecular complexity index is 651. The smallest absolute Gasteiger partial charge is 0.160 e. The van der Waals surface area contributed by atoms with Crippen molar-refractivity contribution in [3.05, 3.63) is 77.3 Å². The van der Waals surface area contributed by atoms with Gasteiger partial charge in [-0.05, 0) is 55.7 Å². The van der Waals surface area contributed by atoms with Crippen LogP contribution in [0, 0.1) is 24.4 Å². The average molecular weight is 307 g/mol. The van der Waals surface area contributed by atoms with Crippen LogP contribution in [-0.4, -0.2) is 0 Å². The third kappa shape index (κ3) is 5.64. The topological polar surface area (TPSA) is 12.0 Å². The summed E-state index contributed by atoms with van der Waals surface area (Å²) in [6, 6.07) is 8.52. The van der Waals surface area contributed by atoms with Crippen molar-refractivity contribution in [2.75, 3.05) is 5.32 Å². The van der Waals surface area contributed by atoms with Crippen molar-refractivity contribution < 1.29 is 13.2 Å². The van der Waals surface area contributed by atoms with Crippen molar-refractivity contribution >= 4 is 5.69 Å². The third-order valence-electron chi connectivity index (χ3n) is 2.96. The molecule has 0 amide bonds. The van der Waals surface area contributed by atoms with Crippen LogP contribution in [0.15, 0.2) is 48.7 Å². The van der Waals surface area contributed by atoms with Crippen LogP contribution in [0.2, 0.25) is 0 Å². The van der Waals surface area contributed by atoms with E-state index in [1.165, 1.54) is 17.7 Å². The molecular weight excluding hydrogens is 287 g/mol. The first-order chi connectivity index (χ1) is 10.3. The Labute approximate surface area is 129 Å². The number of hydrogen-bond donors (Lipinski definition) is 1. The second-order valence-corrected chi connectivity index (χ2v) is 4.96. The van der Waals surface area contributed by atoms with E-state index in [1.807, 2.05) is 13.0 Å². The van der Waals surface area contributed by atoms with Gasteiger partial charge in [-0.15, -0.1) is 0 Å². The summed E-state index contributed by atoms with van der Waals surface area (Å²) in [6.45, 7) is 9.31. The Hall–Kier alpha value is -2.23. The molecule has 22 heavy (non-hydrogen) atoms. The Morgan fingerprint density at radius 1 is 1.05 bits per heavy atom. The molecule has 0 saturated heterocycles. The molecule has 2 aromatic carbocycles. The molecule has 118 valence electrons.